The lowest BCUT2D eigenvalue weighted by molar-refractivity contribution is 0.0600. The zero-order chi connectivity index (χ0) is 22.5. The van der Waals surface area contributed by atoms with Crippen molar-refractivity contribution in [3.8, 4) is 0 Å². The van der Waals surface area contributed by atoms with Crippen molar-refractivity contribution in [2.45, 2.75) is 58.2 Å². The average Bonchev–Trinajstić information content (AvgIpc) is 3.27. The van der Waals surface area contributed by atoms with Gasteiger partial charge in [-0.25, -0.2) is 14.5 Å². The minimum absolute atomic E-state index is 0.217. The van der Waals surface area contributed by atoms with Crippen molar-refractivity contribution in [2.75, 3.05) is 12.4 Å². The molecule has 0 bridgehead atoms. The van der Waals surface area contributed by atoms with Crippen molar-refractivity contribution < 1.29 is 14.3 Å². The smallest absolute Gasteiger partial charge is 0.337 e. The van der Waals surface area contributed by atoms with Crippen LogP contribution in [0.4, 0.5) is 5.69 Å². The van der Waals surface area contributed by atoms with Crippen molar-refractivity contribution in [2.24, 2.45) is 0 Å². The Balaban J connectivity index is 1.59. The Hall–Kier alpha value is -3.42. The number of rotatable bonds is 7. The van der Waals surface area contributed by atoms with Crippen LogP contribution in [-0.4, -0.2) is 39.8 Å². The highest BCUT2D eigenvalue weighted by Gasteiger charge is 2.22. The van der Waals surface area contributed by atoms with Gasteiger partial charge in [-0.05, 0) is 37.5 Å². The second kappa shape index (κ2) is 9.80. The minimum atomic E-state index is -0.403. The number of nitrogens with zero attached hydrogens (tertiary/aromatic N) is 3. The van der Waals surface area contributed by atoms with Crippen molar-refractivity contribution in [1.82, 2.24) is 20.1 Å². The van der Waals surface area contributed by atoms with Crippen molar-refractivity contribution in [3.05, 3.63) is 53.3 Å². The number of fused-ring (bicyclic) bond motifs is 1. The first-order valence-electron chi connectivity index (χ1n) is 11.2. The fourth-order valence-electron chi connectivity index (χ4n) is 4.24. The number of aryl methyl sites for hydroxylation is 1. The summed E-state index contributed by atoms with van der Waals surface area (Å²) in [4.78, 5) is 29.5. The number of aromatic nitrogens is 3. The quantitative estimate of drug-likeness (QED) is 0.546. The summed E-state index contributed by atoms with van der Waals surface area (Å²) < 4.78 is 6.61. The zero-order valence-electron chi connectivity index (χ0n) is 18.6. The van der Waals surface area contributed by atoms with Crippen LogP contribution in [0.25, 0.3) is 11.0 Å². The van der Waals surface area contributed by atoms with E-state index in [4.69, 9.17) is 4.74 Å². The number of hydrogen-bond acceptors (Lipinski definition) is 6. The van der Waals surface area contributed by atoms with Crippen LogP contribution in [0, 0.1) is 0 Å². The maximum Gasteiger partial charge on any atom is 0.337 e. The molecular formula is C24H29N5O3. The van der Waals surface area contributed by atoms with E-state index in [0.717, 1.165) is 35.1 Å². The van der Waals surface area contributed by atoms with Gasteiger partial charge in [0.05, 0.1) is 35.5 Å². The van der Waals surface area contributed by atoms with Crippen LogP contribution in [0.5, 0.6) is 0 Å². The standard InChI is InChI=1S/C24H29N5O3/c1-3-29-22-19(15-27-29)21(28-18-10-5-4-6-11-18)20(14-25-22)23(30)26-13-16-8-7-9-17(12-16)24(31)32-2/h7-9,12,14-15,18H,3-6,10-11,13H2,1-2H3,(H,25,28)(H,26,30). The number of nitrogens with one attached hydrogen (secondary N) is 2. The Morgan fingerprint density at radius 3 is 2.75 bits per heavy atom. The molecule has 1 aliphatic carbocycles. The van der Waals surface area contributed by atoms with E-state index in [1.807, 2.05) is 17.7 Å². The molecule has 0 aliphatic heterocycles. The van der Waals surface area contributed by atoms with E-state index < -0.39 is 5.97 Å². The molecule has 3 aromatic rings. The molecule has 1 amide bonds. The number of carbonyl (C=O) groups excluding carboxylic acids is 2. The van der Waals surface area contributed by atoms with E-state index in [1.54, 1.807) is 30.6 Å². The van der Waals surface area contributed by atoms with Gasteiger partial charge in [-0.15, -0.1) is 0 Å². The van der Waals surface area contributed by atoms with Gasteiger partial charge in [0.25, 0.3) is 5.91 Å². The van der Waals surface area contributed by atoms with Crippen LogP contribution in [0.2, 0.25) is 0 Å². The molecule has 1 aromatic carbocycles. The lowest BCUT2D eigenvalue weighted by Crippen LogP contribution is -2.27. The number of carbonyl (C=O) groups is 2. The van der Waals surface area contributed by atoms with Gasteiger partial charge >= 0.3 is 5.97 Å². The number of pyridine rings is 1. The Morgan fingerprint density at radius 2 is 2.00 bits per heavy atom. The van der Waals surface area contributed by atoms with E-state index in [1.165, 1.54) is 26.4 Å². The minimum Gasteiger partial charge on any atom is -0.465 e. The first-order valence-corrected chi connectivity index (χ1v) is 11.2. The highest BCUT2D eigenvalue weighted by Crippen LogP contribution is 2.30. The van der Waals surface area contributed by atoms with Crippen molar-refractivity contribution in [1.29, 1.82) is 0 Å². The second-order valence-corrected chi connectivity index (χ2v) is 8.10. The summed E-state index contributed by atoms with van der Waals surface area (Å²) in [5, 5.41) is 11.9. The normalized spacial score (nSPS) is 14.3. The summed E-state index contributed by atoms with van der Waals surface area (Å²) in [7, 11) is 1.35. The topological polar surface area (TPSA) is 98.1 Å². The molecule has 0 saturated heterocycles. The monoisotopic (exact) mass is 435 g/mol. The largest absolute Gasteiger partial charge is 0.465 e. The van der Waals surface area contributed by atoms with E-state index in [-0.39, 0.29) is 5.91 Å². The Bertz CT molecular complexity index is 1120. The molecule has 32 heavy (non-hydrogen) atoms. The molecule has 2 N–H and O–H groups in total. The molecule has 2 heterocycles. The fraction of sp³-hybridized carbons (Fsp3) is 0.417. The summed E-state index contributed by atoms with van der Waals surface area (Å²) in [6.45, 7) is 3.02. The van der Waals surface area contributed by atoms with E-state index >= 15 is 0 Å². The van der Waals surface area contributed by atoms with Crippen molar-refractivity contribution in [3.63, 3.8) is 0 Å². The summed E-state index contributed by atoms with van der Waals surface area (Å²) in [6, 6.07) is 7.38. The van der Waals surface area contributed by atoms with Crippen LogP contribution in [0.1, 0.15) is 65.3 Å². The lowest BCUT2D eigenvalue weighted by atomic mass is 9.95. The molecular weight excluding hydrogens is 406 g/mol. The van der Waals surface area contributed by atoms with Crippen LogP contribution in [-0.2, 0) is 17.8 Å². The summed E-state index contributed by atoms with van der Waals surface area (Å²) in [5.74, 6) is -0.620. The molecule has 1 saturated carbocycles. The Kier molecular flexibility index (Phi) is 6.68. The number of benzene rings is 1. The van der Waals surface area contributed by atoms with Crippen molar-refractivity contribution >= 4 is 28.6 Å². The SMILES string of the molecule is CCn1ncc2c(NC3CCCCC3)c(C(=O)NCc3cccc(C(=O)OC)c3)cnc21. The molecule has 4 rings (SSSR count). The highest BCUT2D eigenvalue weighted by atomic mass is 16.5. The van der Waals surface area contributed by atoms with Gasteiger partial charge in [0.2, 0.25) is 0 Å². The zero-order valence-corrected chi connectivity index (χ0v) is 18.6. The van der Waals surface area contributed by atoms with Gasteiger partial charge in [0.15, 0.2) is 5.65 Å². The maximum atomic E-state index is 13.2. The van der Waals surface area contributed by atoms with Gasteiger partial charge in [0.1, 0.15) is 0 Å². The number of esters is 1. The second-order valence-electron chi connectivity index (χ2n) is 8.10. The van der Waals surface area contributed by atoms with Crippen LogP contribution < -0.4 is 10.6 Å². The van der Waals surface area contributed by atoms with Crippen LogP contribution >= 0.6 is 0 Å². The van der Waals surface area contributed by atoms with Crippen LogP contribution in [0.15, 0.2) is 36.7 Å². The molecule has 168 valence electrons. The molecule has 0 unspecified atom stereocenters. The van der Waals surface area contributed by atoms with E-state index in [2.05, 4.69) is 20.7 Å². The van der Waals surface area contributed by atoms with Crippen LogP contribution in [0.3, 0.4) is 0 Å². The summed E-state index contributed by atoms with van der Waals surface area (Å²) in [5.41, 5.74) is 3.34. The van der Waals surface area contributed by atoms with Gasteiger partial charge in [0, 0.05) is 25.3 Å². The molecule has 2 aromatic heterocycles. The first-order chi connectivity index (χ1) is 15.6. The molecule has 8 heteroatoms. The molecule has 0 spiro atoms. The molecule has 0 atom stereocenters. The highest BCUT2D eigenvalue weighted by molar-refractivity contribution is 6.06. The number of ether oxygens (including phenoxy) is 1. The molecule has 1 fully saturated rings. The average molecular weight is 436 g/mol. The summed E-state index contributed by atoms with van der Waals surface area (Å²) in [6.07, 6.45) is 9.24. The van der Waals surface area contributed by atoms with Gasteiger partial charge < -0.3 is 15.4 Å². The fourth-order valence-corrected chi connectivity index (χ4v) is 4.24. The third-order valence-electron chi connectivity index (χ3n) is 5.97. The number of methoxy groups -OCH3 is 1. The Morgan fingerprint density at radius 1 is 1.19 bits per heavy atom. The summed E-state index contributed by atoms with van der Waals surface area (Å²) >= 11 is 0. The number of hydrogen-bond donors (Lipinski definition) is 2. The van der Waals surface area contributed by atoms with E-state index in [0.29, 0.717) is 30.3 Å². The Labute approximate surface area is 187 Å². The predicted octanol–water partition coefficient (Wildman–Crippen LogP) is 3.91. The lowest BCUT2D eigenvalue weighted by Gasteiger charge is -2.25. The van der Waals surface area contributed by atoms with Gasteiger partial charge in [-0.1, -0.05) is 31.4 Å². The number of amides is 1. The predicted molar refractivity (Wildman–Crippen MR) is 123 cm³/mol. The van der Waals surface area contributed by atoms with E-state index in [9.17, 15) is 9.59 Å². The first kappa shape index (κ1) is 21.8. The molecule has 0 radical (unpaired) electrons. The molecule has 1 aliphatic rings. The maximum absolute atomic E-state index is 13.2. The van der Waals surface area contributed by atoms with Gasteiger partial charge in [-0.2, -0.15) is 5.10 Å². The molecule has 8 nitrogen and oxygen atoms in total. The van der Waals surface area contributed by atoms with Gasteiger partial charge in [-0.3, -0.25) is 4.79 Å². The third kappa shape index (κ3) is 4.59. The number of anilines is 1. The third-order valence-corrected chi connectivity index (χ3v) is 5.97.